The van der Waals surface area contributed by atoms with Gasteiger partial charge in [0.2, 0.25) is 5.95 Å². The first kappa shape index (κ1) is 24.7. The summed E-state index contributed by atoms with van der Waals surface area (Å²) in [6, 6.07) is 15.8. The number of hydrogen-bond acceptors (Lipinski definition) is 6. The van der Waals surface area contributed by atoms with E-state index in [1.807, 2.05) is 35.2 Å². The molecule has 0 saturated carbocycles. The molecule has 6 nitrogen and oxygen atoms in total. The second kappa shape index (κ2) is 11.4. The van der Waals surface area contributed by atoms with Crippen molar-refractivity contribution in [1.29, 1.82) is 0 Å². The van der Waals surface area contributed by atoms with Gasteiger partial charge in [0.25, 0.3) is 5.91 Å². The Kier molecular flexibility index (Phi) is 7.84. The standard InChI is InChI=1S/C27H27ClFN5OS/c28-22-7-2-6-21(19-22)26-34(25(35)24(36-26)18-20-5-1-8-23(29)17-20)12-4-11-32-13-15-33(16-14-32)27-30-9-3-10-31-27/h1-3,5-10,17-19,26H,4,11-16H2. The van der Waals surface area contributed by atoms with Gasteiger partial charge in [0, 0.05) is 50.1 Å². The molecular formula is C27H27ClFN5OS. The topological polar surface area (TPSA) is 52.6 Å². The van der Waals surface area contributed by atoms with Gasteiger partial charge in [-0.2, -0.15) is 0 Å². The number of halogens is 2. The molecule has 3 heterocycles. The van der Waals surface area contributed by atoms with E-state index in [2.05, 4.69) is 19.8 Å². The van der Waals surface area contributed by atoms with E-state index in [1.165, 1.54) is 23.9 Å². The van der Waals surface area contributed by atoms with Crippen LogP contribution in [0.3, 0.4) is 0 Å². The highest BCUT2D eigenvalue weighted by atomic mass is 35.5. The number of aromatic nitrogens is 2. The van der Waals surface area contributed by atoms with Gasteiger partial charge in [-0.3, -0.25) is 9.69 Å². The molecule has 5 rings (SSSR count). The first-order valence-corrected chi connectivity index (χ1v) is 13.3. The van der Waals surface area contributed by atoms with Crippen LogP contribution in [0.25, 0.3) is 6.08 Å². The van der Waals surface area contributed by atoms with Crippen molar-refractivity contribution in [2.24, 2.45) is 0 Å². The Labute approximate surface area is 219 Å². The van der Waals surface area contributed by atoms with Crippen molar-refractivity contribution in [1.82, 2.24) is 19.8 Å². The van der Waals surface area contributed by atoms with Crippen molar-refractivity contribution in [2.75, 3.05) is 44.2 Å². The molecule has 1 atom stereocenters. The van der Waals surface area contributed by atoms with Crippen molar-refractivity contribution < 1.29 is 9.18 Å². The number of carbonyl (C=O) groups is 1. The zero-order valence-electron chi connectivity index (χ0n) is 19.8. The summed E-state index contributed by atoms with van der Waals surface area (Å²) in [5.41, 5.74) is 1.66. The summed E-state index contributed by atoms with van der Waals surface area (Å²) in [4.78, 5) is 29.3. The number of carbonyl (C=O) groups excluding carboxylic acids is 1. The van der Waals surface area contributed by atoms with Crippen molar-refractivity contribution in [3.8, 4) is 0 Å². The third kappa shape index (κ3) is 5.88. The summed E-state index contributed by atoms with van der Waals surface area (Å²) in [6.45, 7) is 5.17. The molecule has 3 aromatic rings. The molecule has 0 bridgehead atoms. The molecule has 2 aliphatic rings. The fourth-order valence-electron chi connectivity index (χ4n) is 4.54. The normalized spacial score (nSPS) is 19.9. The number of piperazine rings is 1. The quantitative estimate of drug-likeness (QED) is 0.402. The van der Waals surface area contributed by atoms with Gasteiger partial charge in [0.05, 0.1) is 4.91 Å². The Bertz CT molecular complexity index is 1240. The van der Waals surface area contributed by atoms with Crippen LogP contribution in [-0.2, 0) is 4.79 Å². The number of benzene rings is 2. The smallest absolute Gasteiger partial charge is 0.261 e. The average Bonchev–Trinajstić information content (AvgIpc) is 3.20. The van der Waals surface area contributed by atoms with Gasteiger partial charge in [0.15, 0.2) is 0 Å². The third-order valence-electron chi connectivity index (χ3n) is 6.35. The Hall–Kier alpha value is -2.94. The minimum Gasteiger partial charge on any atom is -0.338 e. The molecule has 9 heteroatoms. The highest BCUT2D eigenvalue weighted by Crippen LogP contribution is 2.46. The number of rotatable bonds is 7. The van der Waals surface area contributed by atoms with Gasteiger partial charge in [-0.05, 0) is 60.5 Å². The maximum Gasteiger partial charge on any atom is 0.261 e. The Morgan fingerprint density at radius 2 is 1.78 bits per heavy atom. The van der Waals surface area contributed by atoms with Crippen molar-refractivity contribution in [3.05, 3.63) is 93.9 Å². The molecule has 2 saturated heterocycles. The lowest BCUT2D eigenvalue weighted by molar-refractivity contribution is -0.126. The second-order valence-electron chi connectivity index (χ2n) is 8.82. The molecule has 1 aromatic heterocycles. The van der Waals surface area contributed by atoms with Crippen LogP contribution in [-0.4, -0.2) is 64.9 Å². The molecule has 1 amide bonds. The van der Waals surface area contributed by atoms with Gasteiger partial charge in [-0.15, -0.1) is 0 Å². The largest absolute Gasteiger partial charge is 0.338 e. The van der Waals surface area contributed by atoms with E-state index in [0.717, 1.165) is 50.7 Å². The van der Waals surface area contributed by atoms with E-state index in [0.29, 0.717) is 22.0 Å². The number of thioether (sulfide) groups is 1. The molecule has 186 valence electrons. The summed E-state index contributed by atoms with van der Waals surface area (Å²) >= 11 is 7.76. The van der Waals surface area contributed by atoms with Crippen LogP contribution < -0.4 is 4.90 Å². The van der Waals surface area contributed by atoms with Crippen LogP contribution in [0.15, 0.2) is 71.9 Å². The number of anilines is 1. The van der Waals surface area contributed by atoms with Gasteiger partial charge >= 0.3 is 0 Å². The fraction of sp³-hybridized carbons (Fsp3) is 0.296. The highest BCUT2D eigenvalue weighted by Gasteiger charge is 2.37. The maximum absolute atomic E-state index is 13.7. The molecular weight excluding hydrogens is 497 g/mol. The molecule has 1 unspecified atom stereocenters. The van der Waals surface area contributed by atoms with Crippen LogP contribution in [0.5, 0.6) is 0 Å². The Morgan fingerprint density at radius 1 is 1.00 bits per heavy atom. The van der Waals surface area contributed by atoms with Crippen molar-refractivity contribution >= 4 is 41.3 Å². The summed E-state index contributed by atoms with van der Waals surface area (Å²) in [6.07, 6.45) is 6.18. The average molecular weight is 524 g/mol. The SMILES string of the molecule is O=C1C(=Cc2cccc(F)c2)SC(c2cccc(Cl)c2)N1CCCN1CCN(c2ncccn2)CC1. The lowest BCUT2D eigenvalue weighted by Crippen LogP contribution is -2.47. The van der Waals surface area contributed by atoms with E-state index >= 15 is 0 Å². The van der Waals surface area contributed by atoms with E-state index in [-0.39, 0.29) is 17.1 Å². The summed E-state index contributed by atoms with van der Waals surface area (Å²) in [5, 5.41) is 0.478. The number of hydrogen-bond donors (Lipinski definition) is 0. The Balaban J connectivity index is 1.24. The minimum absolute atomic E-state index is 0.0275. The highest BCUT2D eigenvalue weighted by molar-refractivity contribution is 8.04. The predicted octanol–water partition coefficient (Wildman–Crippen LogP) is 5.10. The summed E-state index contributed by atoms with van der Waals surface area (Å²) < 4.78 is 13.7. The molecule has 0 spiro atoms. The van der Waals surface area contributed by atoms with Gasteiger partial charge in [0.1, 0.15) is 11.2 Å². The van der Waals surface area contributed by atoms with E-state index in [9.17, 15) is 9.18 Å². The van der Waals surface area contributed by atoms with Crippen molar-refractivity contribution in [3.63, 3.8) is 0 Å². The van der Waals surface area contributed by atoms with Gasteiger partial charge < -0.3 is 9.80 Å². The summed E-state index contributed by atoms with van der Waals surface area (Å²) in [5.74, 6) is 0.432. The number of nitrogens with zero attached hydrogens (tertiary/aromatic N) is 5. The molecule has 2 fully saturated rings. The zero-order chi connectivity index (χ0) is 24.9. The van der Waals surface area contributed by atoms with E-state index in [1.54, 1.807) is 30.6 Å². The Morgan fingerprint density at radius 3 is 2.53 bits per heavy atom. The summed E-state index contributed by atoms with van der Waals surface area (Å²) in [7, 11) is 0. The van der Waals surface area contributed by atoms with Crippen LogP contribution in [0.4, 0.5) is 10.3 Å². The van der Waals surface area contributed by atoms with E-state index < -0.39 is 0 Å². The monoisotopic (exact) mass is 523 g/mol. The van der Waals surface area contributed by atoms with E-state index in [4.69, 9.17) is 11.6 Å². The van der Waals surface area contributed by atoms with Gasteiger partial charge in [-0.1, -0.05) is 47.6 Å². The molecule has 2 aromatic carbocycles. The molecule has 36 heavy (non-hydrogen) atoms. The van der Waals surface area contributed by atoms with Crippen LogP contribution in [0, 0.1) is 5.82 Å². The predicted molar refractivity (Wildman–Crippen MR) is 143 cm³/mol. The molecule has 0 radical (unpaired) electrons. The van der Waals surface area contributed by atoms with Gasteiger partial charge in [-0.25, -0.2) is 14.4 Å². The lowest BCUT2D eigenvalue weighted by atomic mass is 10.2. The maximum atomic E-state index is 13.7. The zero-order valence-corrected chi connectivity index (χ0v) is 21.3. The van der Waals surface area contributed by atoms with Crippen LogP contribution in [0.2, 0.25) is 5.02 Å². The van der Waals surface area contributed by atoms with Crippen LogP contribution >= 0.6 is 23.4 Å². The third-order valence-corrected chi connectivity index (χ3v) is 7.89. The molecule has 0 N–H and O–H groups in total. The first-order chi connectivity index (χ1) is 17.6. The second-order valence-corrected chi connectivity index (χ2v) is 10.4. The van der Waals surface area contributed by atoms with Crippen LogP contribution in [0.1, 0.15) is 22.9 Å². The number of amides is 1. The lowest BCUT2D eigenvalue weighted by Gasteiger charge is -2.35. The molecule has 0 aliphatic carbocycles. The molecule has 2 aliphatic heterocycles. The fourth-order valence-corrected chi connectivity index (χ4v) is 6.02. The van der Waals surface area contributed by atoms with Crippen molar-refractivity contribution in [2.45, 2.75) is 11.8 Å². The first-order valence-electron chi connectivity index (χ1n) is 12.0. The minimum atomic E-state index is -0.318.